The molecule has 3 amide bonds. The molecule has 1 N–H and O–H groups in total. The zero-order valence-corrected chi connectivity index (χ0v) is 28.4. The summed E-state index contributed by atoms with van der Waals surface area (Å²) in [6.07, 6.45) is 4.27. The Morgan fingerprint density at radius 1 is 1.13 bits per heavy atom. The first-order valence-corrected chi connectivity index (χ1v) is 17.1. The van der Waals surface area contributed by atoms with E-state index in [0.717, 1.165) is 13.1 Å². The van der Waals surface area contributed by atoms with Crippen LogP contribution >= 0.6 is 0 Å². The fraction of sp³-hybridized carbons (Fsp3) is 0.639. The van der Waals surface area contributed by atoms with Gasteiger partial charge in [0.1, 0.15) is 17.4 Å². The van der Waals surface area contributed by atoms with Crippen LogP contribution in [-0.2, 0) is 23.9 Å². The number of carbonyl (C=O) groups is 3. The molecule has 11 heteroatoms. The Kier molecular flexibility index (Phi) is 10.8. The van der Waals surface area contributed by atoms with Crippen LogP contribution in [0.5, 0.6) is 5.75 Å². The molecule has 11 nitrogen and oxygen atoms in total. The molecular weight excluding hydrogens is 600 g/mol. The highest BCUT2D eigenvalue weighted by Gasteiger charge is 2.80. The van der Waals surface area contributed by atoms with Gasteiger partial charge in [0.15, 0.2) is 0 Å². The summed E-state index contributed by atoms with van der Waals surface area (Å²) in [5.74, 6) is -1.94. The number of nitrogens with zero attached hydrogens (tertiary/aromatic N) is 4. The molecule has 4 heterocycles. The maximum Gasteiger partial charge on any atom is 0.248 e. The van der Waals surface area contributed by atoms with Gasteiger partial charge in [0.2, 0.25) is 17.7 Å². The first-order chi connectivity index (χ1) is 22.6. The minimum atomic E-state index is -1.22. The monoisotopic (exact) mass is 652 g/mol. The summed E-state index contributed by atoms with van der Waals surface area (Å²) in [4.78, 5) is 51.6. The predicted molar refractivity (Wildman–Crippen MR) is 179 cm³/mol. The number of benzene rings is 1. The van der Waals surface area contributed by atoms with E-state index in [1.807, 2.05) is 52.0 Å². The van der Waals surface area contributed by atoms with Gasteiger partial charge in [-0.3, -0.25) is 19.3 Å². The van der Waals surface area contributed by atoms with Crippen molar-refractivity contribution in [3.05, 3.63) is 49.6 Å². The topological polar surface area (TPSA) is 112 Å². The highest BCUT2D eigenvalue weighted by atomic mass is 16.5. The standard InChI is InChI=1S/C36H52N4O7/c1-7-15-38(18-17-37-19-21-45-22-20-37)34(44)31-36-23-25(5)35(6,47-36)29(30(36)33(43)40(31)26(9-3)24-41)32(42)39(16-8-2)27-11-13-28(14-12-27)46-10-4/h7-8,11-14,25-26,29-31,41H,1-2,9-10,15-24H2,3-6H3/t25?,26-,29+,30-,31?,35-,36?/m0/s1. The average molecular weight is 653 g/mol. The summed E-state index contributed by atoms with van der Waals surface area (Å²) in [6.45, 7) is 20.3. The third-order valence-electron chi connectivity index (χ3n) is 10.8. The van der Waals surface area contributed by atoms with Gasteiger partial charge in [-0.15, -0.1) is 13.2 Å². The Hall–Kier alpha value is -3.25. The second-order valence-corrected chi connectivity index (χ2v) is 13.4. The number of fused-ring (bicyclic) bond motifs is 1. The van der Waals surface area contributed by atoms with E-state index in [2.05, 4.69) is 18.1 Å². The Morgan fingerprint density at radius 2 is 1.81 bits per heavy atom. The molecule has 5 rings (SSSR count). The van der Waals surface area contributed by atoms with Gasteiger partial charge in [-0.25, -0.2) is 0 Å². The normalized spacial score (nSPS) is 30.6. The van der Waals surface area contributed by atoms with Crippen LogP contribution in [0.3, 0.4) is 0 Å². The van der Waals surface area contributed by atoms with Gasteiger partial charge in [0, 0.05) is 45.0 Å². The lowest BCUT2D eigenvalue weighted by molar-refractivity contribution is -0.155. The molecule has 1 aromatic rings. The van der Waals surface area contributed by atoms with E-state index >= 15 is 0 Å². The lowest BCUT2D eigenvalue weighted by atomic mass is 9.62. The van der Waals surface area contributed by atoms with Gasteiger partial charge in [-0.05, 0) is 56.9 Å². The second kappa shape index (κ2) is 14.5. The van der Waals surface area contributed by atoms with E-state index in [9.17, 15) is 19.5 Å². The maximum absolute atomic E-state index is 14.8. The predicted octanol–water partition coefficient (Wildman–Crippen LogP) is 2.73. The lowest BCUT2D eigenvalue weighted by Gasteiger charge is -2.40. The van der Waals surface area contributed by atoms with Crippen molar-refractivity contribution >= 4 is 23.4 Å². The molecule has 1 aromatic carbocycles. The van der Waals surface area contributed by atoms with Crippen molar-refractivity contribution in [2.75, 3.05) is 70.6 Å². The fourth-order valence-corrected chi connectivity index (χ4v) is 8.35. The number of carbonyl (C=O) groups excluding carboxylic acids is 3. The van der Waals surface area contributed by atoms with Gasteiger partial charge in [-0.1, -0.05) is 26.0 Å². The summed E-state index contributed by atoms with van der Waals surface area (Å²) in [5.41, 5.74) is -1.55. The molecule has 47 heavy (non-hydrogen) atoms. The number of ether oxygens (including phenoxy) is 3. The van der Waals surface area contributed by atoms with Crippen molar-refractivity contribution in [1.82, 2.24) is 14.7 Å². The number of hydrogen-bond donors (Lipinski definition) is 1. The van der Waals surface area contributed by atoms with Gasteiger partial charge < -0.3 is 34.0 Å². The van der Waals surface area contributed by atoms with Crippen molar-refractivity contribution in [2.45, 2.75) is 63.8 Å². The Morgan fingerprint density at radius 3 is 2.40 bits per heavy atom. The molecule has 0 aromatic heterocycles. The number of morpholine rings is 1. The van der Waals surface area contributed by atoms with E-state index in [1.54, 1.807) is 26.9 Å². The Bertz CT molecular complexity index is 1310. The van der Waals surface area contributed by atoms with E-state index in [-0.39, 0.29) is 36.8 Å². The summed E-state index contributed by atoms with van der Waals surface area (Å²) in [5, 5.41) is 10.5. The second-order valence-electron chi connectivity index (χ2n) is 13.4. The fourth-order valence-electron chi connectivity index (χ4n) is 8.35. The van der Waals surface area contributed by atoms with Crippen LogP contribution in [-0.4, -0.2) is 127 Å². The molecule has 258 valence electrons. The van der Waals surface area contributed by atoms with Gasteiger partial charge in [0.25, 0.3) is 0 Å². The summed E-state index contributed by atoms with van der Waals surface area (Å²) in [6, 6.07) is 5.72. The minimum Gasteiger partial charge on any atom is -0.494 e. The number of aliphatic hydroxyl groups is 1. The number of likely N-dealkylation sites (tertiary alicyclic amines) is 1. The number of amides is 3. The first-order valence-electron chi connectivity index (χ1n) is 17.1. The zero-order chi connectivity index (χ0) is 33.9. The van der Waals surface area contributed by atoms with Gasteiger partial charge in [-0.2, -0.15) is 0 Å². The number of hydrogen-bond acceptors (Lipinski definition) is 8. The maximum atomic E-state index is 14.8. The van der Waals surface area contributed by atoms with Crippen molar-refractivity contribution in [3.63, 3.8) is 0 Å². The third kappa shape index (κ3) is 6.11. The van der Waals surface area contributed by atoms with E-state index in [1.165, 1.54) is 0 Å². The number of anilines is 1. The molecule has 0 radical (unpaired) electrons. The van der Waals surface area contributed by atoms with Crippen molar-refractivity contribution in [1.29, 1.82) is 0 Å². The van der Waals surface area contributed by atoms with Crippen LogP contribution in [0.15, 0.2) is 49.6 Å². The smallest absolute Gasteiger partial charge is 0.248 e. The third-order valence-corrected chi connectivity index (χ3v) is 10.8. The molecule has 4 aliphatic rings. The van der Waals surface area contributed by atoms with E-state index < -0.39 is 35.1 Å². The van der Waals surface area contributed by atoms with Crippen LogP contribution in [0.4, 0.5) is 5.69 Å². The number of rotatable bonds is 15. The van der Waals surface area contributed by atoms with Gasteiger partial charge >= 0.3 is 0 Å². The summed E-state index contributed by atoms with van der Waals surface area (Å²) < 4.78 is 18.1. The summed E-state index contributed by atoms with van der Waals surface area (Å²) in [7, 11) is 0. The molecule has 4 fully saturated rings. The Labute approximate surface area is 279 Å². The van der Waals surface area contributed by atoms with Crippen LogP contribution < -0.4 is 9.64 Å². The quantitative estimate of drug-likeness (QED) is 0.288. The molecular formula is C36H52N4O7. The van der Waals surface area contributed by atoms with E-state index in [4.69, 9.17) is 14.2 Å². The van der Waals surface area contributed by atoms with Crippen molar-refractivity contribution in [2.24, 2.45) is 17.8 Å². The van der Waals surface area contributed by atoms with Crippen LogP contribution in [0.25, 0.3) is 0 Å². The Balaban J connectivity index is 1.54. The molecule has 1 spiro atoms. The van der Waals surface area contributed by atoms with Crippen LogP contribution in [0.1, 0.15) is 40.5 Å². The molecule has 0 aliphatic carbocycles. The molecule has 0 saturated carbocycles. The lowest BCUT2D eigenvalue weighted by Crippen LogP contribution is -2.59. The van der Waals surface area contributed by atoms with E-state index in [0.29, 0.717) is 63.7 Å². The molecule has 7 atom stereocenters. The first kappa shape index (κ1) is 35.1. The number of aliphatic hydroxyl groups excluding tert-OH is 1. The molecule has 4 aliphatic heterocycles. The highest BCUT2D eigenvalue weighted by Crippen LogP contribution is 2.66. The SMILES string of the molecule is C=CCN(CCN1CCOCC1)C(=O)C1N([C@@H](CC)CO)C(=O)[C@@H]2[C@H](C(=O)N(CC=C)c3ccc(OCC)cc3)[C@@]3(C)OC12CC3C. The van der Waals surface area contributed by atoms with Crippen LogP contribution in [0, 0.1) is 17.8 Å². The van der Waals surface area contributed by atoms with Crippen molar-refractivity contribution < 1.29 is 33.7 Å². The zero-order valence-electron chi connectivity index (χ0n) is 28.4. The minimum absolute atomic E-state index is 0.114. The highest BCUT2D eigenvalue weighted by molar-refractivity contribution is 6.03. The van der Waals surface area contributed by atoms with Gasteiger partial charge in [0.05, 0.1) is 49.9 Å². The summed E-state index contributed by atoms with van der Waals surface area (Å²) >= 11 is 0. The largest absolute Gasteiger partial charge is 0.494 e. The van der Waals surface area contributed by atoms with Crippen molar-refractivity contribution in [3.8, 4) is 5.75 Å². The molecule has 2 bridgehead atoms. The van der Waals surface area contributed by atoms with Crippen LogP contribution in [0.2, 0.25) is 0 Å². The molecule has 3 unspecified atom stereocenters. The molecule has 4 saturated heterocycles. The average Bonchev–Trinajstić information content (AvgIpc) is 3.59.